The van der Waals surface area contributed by atoms with Crippen LogP contribution < -0.4 is 10.6 Å². The third kappa shape index (κ3) is 11.3. The van der Waals surface area contributed by atoms with E-state index in [-0.39, 0.29) is 0 Å². The van der Waals surface area contributed by atoms with Gasteiger partial charge in [-0.05, 0) is 41.5 Å². The highest BCUT2D eigenvalue weighted by Crippen LogP contribution is 2.10. The summed E-state index contributed by atoms with van der Waals surface area (Å²) in [6.07, 6.45) is -1.43. The molecule has 138 valence electrons. The van der Waals surface area contributed by atoms with Gasteiger partial charge in [0.2, 0.25) is 5.91 Å². The minimum absolute atomic E-state index is 0.464. The molecule has 0 aromatic rings. The SMILES string of the molecule is CC(C)(C)OC(=O)NCC(=O)N[C@@H](CC(=O)O)C(=O)OC(C)(C)C. The highest BCUT2D eigenvalue weighted by molar-refractivity contribution is 5.89. The van der Waals surface area contributed by atoms with Gasteiger partial charge in [-0.2, -0.15) is 0 Å². The minimum Gasteiger partial charge on any atom is -0.481 e. The van der Waals surface area contributed by atoms with E-state index in [9.17, 15) is 19.2 Å². The van der Waals surface area contributed by atoms with Gasteiger partial charge in [0, 0.05) is 0 Å². The maximum atomic E-state index is 11.9. The van der Waals surface area contributed by atoms with Crippen LogP contribution >= 0.6 is 0 Å². The molecule has 0 rings (SSSR count). The first kappa shape index (κ1) is 21.7. The number of carbonyl (C=O) groups is 4. The molecule has 0 fully saturated rings. The summed E-state index contributed by atoms with van der Waals surface area (Å²) >= 11 is 0. The summed E-state index contributed by atoms with van der Waals surface area (Å²) < 4.78 is 10.0. The van der Waals surface area contributed by atoms with Crippen molar-refractivity contribution >= 4 is 23.9 Å². The Hall–Kier alpha value is -2.32. The molecule has 0 saturated carbocycles. The fraction of sp³-hybridized carbons (Fsp3) is 0.733. The normalized spacial score (nSPS) is 12.8. The smallest absolute Gasteiger partial charge is 0.408 e. The molecule has 2 amide bonds. The monoisotopic (exact) mass is 346 g/mol. The van der Waals surface area contributed by atoms with Gasteiger partial charge in [-0.1, -0.05) is 0 Å². The van der Waals surface area contributed by atoms with Crippen molar-refractivity contribution in [1.82, 2.24) is 10.6 Å². The van der Waals surface area contributed by atoms with E-state index in [1.54, 1.807) is 41.5 Å². The first-order valence-electron chi connectivity index (χ1n) is 7.40. The number of carbonyl (C=O) groups excluding carboxylic acids is 3. The standard InChI is InChI=1S/C15H26N2O7/c1-14(2,3)23-12(21)9(7-11(19)20)17-10(18)8-16-13(22)24-15(4,5)6/h9H,7-8H2,1-6H3,(H,16,22)(H,17,18)(H,19,20)/t9-/m0/s1. The number of alkyl carbamates (subject to hydrolysis) is 1. The number of aliphatic carboxylic acids is 1. The number of esters is 1. The van der Waals surface area contributed by atoms with Gasteiger partial charge in [-0.15, -0.1) is 0 Å². The lowest BCUT2D eigenvalue weighted by molar-refractivity contribution is -0.161. The summed E-state index contributed by atoms with van der Waals surface area (Å²) in [6.45, 7) is 9.39. The molecule has 3 N–H and O–H groups in total. The predicted octanol–water partition coefficient (Wildman–Crippen LogP) is 0.812. The third-order valence-electron chi connectivity index (χ3n) is 2.20. The zero-order valence-electron chi connectivity index (χ0n) is 14.9. The van der Waals surface area contributed by atoms with Gasteiger partial charge in [-0.25, -0.2) is 9.59 Å². The van der Waals surface area contributed by atoms with Gasteiger partial charge in [0.1, 0.15) is 23.8 Å². The Balaban J connectivity index is 4.63. The molecule has 0 aromatic heterocycles. The van der Waals surface area contributed by atoms with Crippen LogP contribution in [0, 0.1) is 0 Å². The molecule has 24 heavy (non-hydrogen) atoms. The van der Waals surface area contributed by atoms with Crippen molar-refractivity contribution in [3.05, 3.63) is 0 Å². The lowest BCUT2D eigenvalue weighted by Gasteiger charge is -2.24. The molecule has 0 heterocycles. The molecule has 0 bridgehead atoms. The maximum Gasteiger partial charge on any atom is 0.408 e. The van der Waals surface area contributed by atoms with Gasteiger partial charge in [-0.3, -0.25) is 9.59 Å². The van der Waals surface area contributed by atoms with Crippen molar-refractivity contribution in [3.63, 3.8) is 0 Å². The fourth-order valence-electron chi connectivity index (χ4n) is 1.45. The maximum absolute atomic E-state index is 11.9. The number of ether oxygens (including phenoxy) is 2. The molecule has 0 radical (unpaired) electrons. The van der Waals surface area contributed by atoms with Crippen molar-refractivity contribution in [3.8, 4) is 0 Å². The van der Waals surface area contributed by atoms with Crippen molar-refractivity contribution in [1.29, 1.82) is 0 Å². The van der Waals surface area contributed by atoms with Crippen LogP contribution in [0.5, 0.6) is 0 Å². The predicted molar refractivity (Wildman–Crippen MR) is 84.3 cm³/mol. The van der Waals surface area contributed by atoms with Crippen molar-refractivity contribution in [2.75, 3.05) is 6.54 Å². The summed E-state index contributed by atoms with van der Waals surface area (Å²) in [5.41, 5.74) is -1.55. The van der Waals surface area contributed by atoms with Crippen LogP contribution in [0.4, 0.5) is 4.79 Å². The number of carboxylic acids is 1. The number of rotatable bonds is 6. The second kappa shape index (κ2) is 8.51. The van der Waals surface area contributed by atoms with Crippen LogP contribution in [0.1, 0.15) is 48.0 Å². The Morgan fingerprint density at radius 1 is 0.958 bits per heavy atom. The first-order chi connectivity index (χ1) is 10.7. The van der Waals surface area contributed by atoms with Crippen LogP contribution in [0.2, 0.25) is 0 Å². The number of hydrogen-bond donors (Lipinski definition) is 3. The Morgan fingerprint density at radius 3 is 1.88 bits per heavy atom. The molecule has 0 saturated heterocycles. The van der Waals surface area contributed by atoms with E-state index in [1.807, 2.05) is 0 Å². The molecule has 0 unspecified atom stereocenters. The highest BCUT2D eigenvalue weighted by Gasteiger charge is 2.29. The van der Waals surface area contributed by atoms with E-state index < -0.39 is 54.1 Å². The van der Waals surface area contributed by atoms with E-state index >= 15 is 0 Å². The Morgan fingerprint density at radius 2 is 1.46 bits per heavy atom. The average Bonchev–Trinajstić information content (AvgIpc) is 2.30. The van der Waals surface area contributed by atoms with Gasteiger partial charge < -0.3 is 25.2 Å². The van der Waals surface area contributed by atoms with Gasteiger partial charge >= 0.3 is 18.0 Å². The van der Waals surface area contributed by atoms with Crippen LogP contribution in [0.15, 0.2) is 0 Å². The van der Waals surface area contributed by atoms with Crippen LogP contribution in [-0.2, 0) is 23.9 Å². The van der Waals surface area contributed by atoms with Gasteiger partial charge in [0.25, 0.3) is 0 Å². The van der Waals surface area contributed by atoms with Crippen molar-refractivity contribution in [2.45, 2.75) is 65.2 Å². The molecule has 0 spiro atoms. The largest absolute Gasteiger partial charge is 0.481 e. The van der Waals surface area contributed by atoms with E-state index in [0.717, 1.165) is 0 Å². The molecule has 9 nitrogen and oxygen atoms in total. The molecule has 0 aliphatic heterocycles. The Labute approximate surface area is 141 Å². The lowest BCUT2D eigenvalue weighted by atomic mass is 10.1. The van der Waals surface area contributed by atoms with Crippen LogP contribution in [-0.4, -0.2) is 52.8 Å². The summed E-state index contributed by atoms with van der Waals surface area (Å²) in [4.78, 5) is 46.0. The zero-order chi connectivity index (χ0) is 19.1. The second-order valence-corrected chi connectivity index (χ2v) is 7.11. The van der Waals surface area contributed by atoms with E-state index in [0.29, 0.717) is 0 Å². The molecule has 0 aliphatic carbocycles. The number of carboxylic acid groups (broad SMARTS) is 1. The average molecular weight is 346 g/mol. The van der Waals surface area contributed by atoms with Crippen LogP contribution in [0.3, 0.4) is 0 Å². The van der Waals surface area contributed by atoms with E-state index in [4.69, 9.17) is 14.6 Å². The first-order valence-corrected chi connectivity index (χ1v) is 7.40. The molecule has 0 aromatic carbocycles. The Kier molecular flexibility index (Phi) is 7.69. The third-order valence-corrected chi connectivity index (χ3v) is 2.20. The summed E-state index contributed by atoms with van der Waals surface area (Å²) in [5, 5.41) is 13.3. The second-order valence-electron chi connectivity index (χ2n) is 7.11. The number of amides is 2. The van der Waals surface area contributed by atoms with Gasteiger partial charge in [0.15, 0.2) is 0 Å². The molecular weight excluding hydrogens is 320 g/mol. The summed E-state index contributed by atoms with van der Waals surface area (Å²) in [5.74, 6) is -2.88. The molecule has 1 atom stereocenters. The molecular formula is C15H26N2O7. The molecule has 0 aliphatic rings. The van der Waals surface area contributed by atoms with E-state index in [2.05, 4.69) is 10.6 Å². The lowest BCUT2D eigenvalue weighted by Crippen LogP contribution is -2.48. The van der Waals surface area contributed by atoms with Crippen molar-refractivity contribution < 1.29 is 33.8 Å². The van der Waals surface area contributed by atoms with Crippen molar-refractivity contribution in [2.24, 2.45) is 0 Å². The van der Waals surface area contributed by atoms with E-state index in [1.165, 1.54) is 0 Å². The number of hydrogen-bond acceptors (Lipinski definition) is 6. The fourth-order valence-corrected chi connectivity index (χ4v) is 1.45. The highest BCUT2D eigenvalue weighted by atomic mass is 16.6. The topological polar surface area (TPSA) is 131 Å². The Bertz CT molecular complexity index is 489. The summed E-state index contributed by atoms with van der Waals surface area (Å²) in [7, 11) is 0. The minimum atomic E-state index is -1.35. The van der Waals surface area contributed by atoms with Crippen LogP contribution in [0.25, 0.3) is 0 Å². The zero-order valence-corrected chi connectivity index (χ0v) is 14.9. The summed E-state index contributed by atoms with van der Waals surface area (Å²) in [6, 6.07) is -1.35. The quantitative estimate of drug-likeness (QED) is 0.607. The number of nitrogens with one attached hydrogen (secondary N) is 2. The molecule has 9 heteroatoms. The van der Waals surface area contributed by atoms with Gasteiger partial charge in [0.05, 0.1) is 6.42 Å².